The molecular formula is C20H24FN5O. The summed E-state index contributed by atoms with van der Waals surface area (Å²) in [6, 6.07) is 10.5. The molecule has 2 heterocycles. The molecule has 1 aliphatic carbocycles. The predicted molar refractivity (Wildman–Crippen MR) is 102 cm³/mol. The minimum absolute atomic E-state index is 0.0892. The van der Waals surface area contributed by atoms with Gasteiger partial charge in [-0.05, 0) is 49.2 Å². The normalized spacial score (nSPS) is 18.0. The molecule has 7 heteroatoms. The molecule has 1 aromatic heterocycles. The number of piperazine rings is 1. The molecule has 1 saturated carbocycles. The van der Waals surface area contributed by atoms with Gasteiger partial charge in [0.2, 0.25) is 0 Å². The molecule has 0 unspecified atom stereocenters. The molecule has 142 valence electrons. The number of nitrogens with one attached hydrogen (secondary N) is 1. The van der Waals surface area contributed by atoms with E-state index in [0.717, 1.165) is 11.5 Å². The Hall–Kier alpha value is -2.70. The van der Waals surface area contributed by atoms with E-state index < -0.39 is 0 Å². The van der Waals surface area contributed by atoms with Gasteiger partial charge in [0.15, 0.2) is 5.69 Å². The van der Waals surface area contributed by atoms with Crippen molar-refractivity contribution >= 4 is 17.4 Å². The van der Waals surface area contributed by atoms with Crippen LogP contribution in [0.1, 0.15) is 36.2 Å². The molecule has 1 saturated heterocycles. The lowest BCUT2D eigenvalue weighted by atomic mass is 10.2. The summed E-state index contributed by atoms with van der Waals surface area (Å²) in [6.07, 6.45) is 4.85. The summed E-state index contributed by atoms with van der Waals surface area (Å²) in [5, 5.41) is 11.7. The Morgan fingerprint density at radius 1 is 0.963 bits per heavy atom. The first-order valence-corrected chi connectivity index (χ1v) is 9.59. The van der Waals surface area contributed by atoms with Crippen molar-refractivity contribution in [2.75, 3.05) is 36.4 Å². The van der Waals surface area contributed by atoms with Crippen molar-refractivity contribution in [3.63, 3.8) is 0 Å². The number of rotatable bonds is 4. The zero-order valence-electron chi connectivity index (χ0n) is 15.3. The first-order valence-electron chi connectivity index (χ1n) is 9.59. The van der Waals surface area contributed by atoms with Crippen LogP contribution in [0.4, 0.5) is 15.9 Å². The lowest BCUT2D eigenvalue weighted by molar-refractivity contribution is 0.0739. The highest BCUT2D eigenvalue weighted by Crippen LogP contribution is 2.21. The van der Waals surface area contributed by atoms with Crippen LogP contribution in [0.5, 0.6) is 0 Å². The van der Waals surface area contributed by atoms with Crippen molar-refractivity contribution in [3.8, 4) is 0 Å². The Morgan fingerprint density at radius 2 is 1.67 bits per heavy atom. The van der Waals surface area contributed by atoms with Crippen LogP contribution in [0, 0.1) is 5.82 Å². The number of hydrogen-bond acceptors (Lipinski definition) is 5. The van der Waals surface area contributed by atoms with Crippen LogP contribution in [0.3, 0.4) is 0 Å². The van der Waals surface area contributed by atoms with E-state index in [2.05, 4.69) is 20.4 Å². The molecule has 1 aromatic carbocycles. The Labute approximate surface area is 158 Å². The van der Waals surface area contributed by atoms with Gasteiger partial charge < -0.3 is 15.1 Å². The van der Waals surface area contributed by atoms with Crippen LogP contribution in [0.15, 0.2) is 36.4 Å². The van der Waals surface area contributed by atoms with Crippen molar-refractivity contribution in [2.45, 2.75) is 31.7 Å². The van der Waals surface area contributed by atoms with Crippen molar-refractivity contribution in [2.24, 2.45) is 0 Å². The number of halogens is 1. The van der Waals surface area contributed by atoms with Crippen LogP contribution in [-0.2, 0) is 0 Å². The highest BCUT2D eigenvalue weighted by Gasteiger charge is 2.23. The average molecular weight is 369 g/mol. The minimum atomic E-state index is -0.239. The van der Waals surface area contributed by atoms with Gasteiger partial charge in [-0.1, -0.05) is 12.8 Å². The van der Waals surface area contributed by atoms with Gasteiger partial charge in [-0.15, -0.1) is 10.2 Å². The maximum atomic E-state index is 13.1. The maximum absolute atomic E-state index is 13.1. The number of anilines is 2. The van der Waals surface area contributed by atoms with Crippen LogP contribution < -0.4 is 10.2 Å². The predicted octanol–water partition coefficient (Wildman–Crippen LogP) is 2.93. The van der Waals surface area contributed by atoms with Gasteiger partial charge in [0.25, 0.3) is 5.91 Å². The highest BCUT2D eigenvalue weighted by atomic mass is 19.1. The number of carbonyl (C=O) groups is 1. The summed E-state index contributed by atoms with van der Waals surface area (Å²) in [4.78, 5) is 16.6. The summed E-state index contributed by atoms with van der Waals surface area (Å²) in [7, 11) is 0. The molecule has 0 bridgehead atoms. The van der Waals surface area contributed by atoms with Crippen LogP contribution in [0.25, 0.3) is 0 Å². The SMILES string of the molecule is O=C(c1ccc(NC2CCCC2)nn1)N1CCN(c2ccc(F)cc2)CC1. The van der Waals surface area contributed by atoms with E-state index >= 15 is 0 Å². The molecule has 1 N–H and O–H groups in total. The molecule has 1 aliphatic heterocycles. The molecule has 6 nitrogen and oxygen atoms in total. The van der Waals surface area contributed by atoms with Gasteiger partial charge in [-0.2, -0.15) is 0 Å². The fourth-order valence-corrected chi connectivity index (χ4v) is 3.78. The Kier molecular flexibility index (Phi) is 5.18. The third-order valence-electron chi connectivity index (χ3n) is 5.35. The number of benzene rings is 1. The number of aromatic nitrogens is 2. The standard InChI is InChI=1S/C20H24FN5O/c21-15-5-7-17(8-6-15)25-11-13-26(14-12-25)20(27)18-9-10-19(24-23-18)22-16-3-1-2-4-16/h5-10,16H,1-4,11-14H2,(H,22,24). The Morgan fingerprint density at radius 3 is 2.30 bits per heavy atom. The second-order valence-electron chi connectivity index (χ2n) is 7.19. The summed E-state index contributed by atoms with van der Waals surface area (Å²) < 4.78 is 13.1. The number of amides is 1. The second-order valence-corrected chi connectivity index (χ2v) is 7.19. The minimum Gasteiger partial charge on any atom is -0.368 e. The van der Waals surface area contributed by atoms with Gasteiger partial charge >= 0.3 is 0 Å². The zero-order valence-corrected chi connectivity index (χ0v) is 15.3. The Bertz CT molecular complexity index is 766. The Balaban J connectivity index is 1.32. The van der Waals surface area contributed by atoms with E-state index in [1.54, 1.807) is 23.1 Å². The molecule has 0 spiro atoms. The third-order valence-corrected chi connectivity index (χ3v) is 5.35. The number of carbonyl (C=O) groups excluding carboxylic acids is 1. The summed E-state index contributed by atoms with van der Waals surface area (Å²) >= 11 is 0. The van der Waals surface area contributed by atoms with Gasteiger partial charge in [0.1, 0.15) is 11.6 Å². The fourth-order valence-electron chi connectivity index (χ4n) is 3.78. The van der Waals surface area contributed by atoms with Gasteiger partial charge in [-0.25, -0.2) is 4.39 Å². The van der Waals surface area contributed by atoms with E-state index in [9.17, 15) is 9.18 Å². The lowest BCUT2D eigenvalue weighted by Gasteiger charge is -2.35. The number of nitrogens with zero attached hydrogens (tertiary/aromatic N) is 4. The smallest absolute Gasteiger partial charge is 0.274 e. The van der Waals surface area contributed by atoms with E-state index in [-0.39, 0.29) is 11.7 Å². The average Bonchev–Trinajstić information content (AvgIpc) is 3.22. The lowest BCUT2D eigenvalue weighted by Crippen LogP contribution is -2.49. The largest absolute Gasteiger partial charge is 0.368 e. The third kappa shape index (κ3) is 4.18. The molecule has 2 aliphatic rings. The quantitative estimate of drug-likeness (QED) is 0.898. The molecule has 2 aromatic rings. The fraction of sp³-hybridized carbons (Fsp3) is 0.450. The van der Waals surface area contributed by atoms with Crippen molar-refractivity contribution < 1.29 is 9.18 Å². The first kappa shape index (κ1) is 17.7. The molecule has 0 radical (unpaired) electrons. The molecular weight excluding hydrogens is 345 g/mol. The van der Waals surface area contributed by atoms with Crippen molar-refractivity contribution in [1.29, 1.82) is 0 Å². The van der Waals surface area contributed by atoms with E-state index in [1.165, 1.54) is 37.8 Å². The topological polar surface area (TPSA) is 61.4 Å². The summed E-state index contributed by atoms with van der Waals surface area (Å²) in [5.41, 5.74) is 1.35. The highest BCUT2D eigenvalue weighted by molar-refractivity contribution is 5.92. The number of hydrogen-bond donors (Lipinski definition) is 1. The van der Waals surface area contributed by atoms with Crippen LogP contribution in [-0.4, -0.2) is 53.2 Å². The summed E-state index contributed by atoms with van der Waals surface area (Å²) in [6.45, 7) is 2.65. The molecule has 0 atom stereocenters. The first-order chi connectivity index (χ1) is 13.2. The maximum Gasteiger partial charge on any atom is 0.274 e. The molecule has 1 amide bonds. The van der Waals surface area contributed by atoms with Crippen LogP contribution >= 0.6 is 0 Å². The van der Waals surface area contributed by atoms with Gasteiger partial charge in [0.05, 0.1) is 0 Å². The zero-order chi connectivity index (χ0) is 18.6. The molecule has 2 fully saturated rings. The van der Waals surface area contributed by atoms with Crippen molar-refractivity contribution in [1.82, 2.24) is 15.1 Å². The van der Waals surface area contributed by atoms with Gasteiger partial charge in [0, 0.05) is 37.9 Å². The van der Waals surface area contributed by atoms with E-state index in [4.69, 9.17) is 0 Å². The summed E-state index contributed by atoms with van der Waals surface area (Å²) in [5.74, 6) is 0.408. The van der Waals surface area contributed by atoms with Gasteiger partial charge in [-0.3, -0.25) is 4.79 Å². The monoisotopic (exact) mass is 369 g/mol. The molecule has 4 rings (SSSR count). The molecule has 27 heavy (non-hydrogen) atoms. The van der Waals surface area contributed by atoms with Crippen LogP contribution in [0.2, 0.25) is 0 Å². The van der Waals surface area contributed by atoms with E-state index in [0.29, 0.717) is 37.9 Å². The van der Waals surface area contributed by atoms with Crippen molar-refractivity contribution in [3.05, 3.63) is 47.9 Å². The van der Waals surface area contributed by atoms with E-state index in [1.807, 2.05) is 6.07 Å². The second kappa shape index (κ2) is 7.90.